The third-order valence-electron chi connectivity index (χ3n) is 4.29. The quantitative estimate of drug-likeness (QED) is 0.516. The average Bonchev–Trinajstić information content (AvgIpc) is 2.64. The van der Waals surface area contributed by atoms with E-state index in [2.05, 4.69) is 0 Å². The second kappa shape index (κ2) is 7.47. The Morgan fingerprint density at radius 1 is 1.11 bits per heavy atom. The zero-order valence-corrected chi connectivity index (χ0v) is 16.1. The lowest BCUT2D eigenvalue weighted by molar-refractivity contribution is 0.0473. The fourth-order valence-electron chi connectivity index (χ4n) is 2.77. The van der Waals surface area contributed by atoms with Crippen molar-refractivity contribution in [1.82, 2.24) is 0 Å². The summed E-state index contributed by atoms with van der Waals surface area (Å²) in [4.78, 5) is 24.1. The molecule has 0 aliphatic heterocycles. The molecule has 1 N–H and O–H groups in total. The lowest BCUT2D eigenvalue weighted by Gasteiger charge is -2.10. The molecule has 2 aromatic carbocycles. The van der Waals surface area contributed by atoms with Gasteiger partial charge in [0.25, 0.3) is 0 Å². The SMILES string of the molecule is CCc1cc2c(COC(=O)c3ccc(S(C)(=O)=O)cc3)cc(=O)oc2cc1O. The van der Waals surface area contributed by atoms with Crippen molar-refractivity contribution in [1.29, 1.82) is 0 Å². The lowest BCUT2D eigenvalue weighted by Crippen LogP contribution is -2.08. The number of sulfone groups is 1. The number of rotatable bonds is 5. The monoisotopic (exact) mass is 402 g/mol. The summed E-state index contributed by atoms with van der Waals surface area (Å²) >= 11 is 0. The number of ether oxygens (including phenoxy) is 1. The van der Waals surface area contributed by atoms with Gasteiger partial charge in [0, 0.05) is 29.3 Å². The molecule has 0 bridgehead atoms. The van der Waals surface area contributed by atoms with Gasteiger partial charge in [0.1, 0.15) is 17.9 Å². The van der Waals surface area contributed by atoms with Crippen LogP contribution in [-0.4, -0.2) is 25.7 Å². The van der Waals surface area contributed by atoms with Crippen LogP contribution < -0.4 is 5.63 Å². The van der Waals surface area contributed by atoms with E-state index < -0.39 is 21.4 Å². The van der Waals surface area contributed by atoms with Crippen LogP contribution in [0.2, 0.25) is 0 Å². The van der Waals surface area contributed by atoms with E-state index in [-0.39, 0.29) is 28.4 Å². The van der Waals surface area contributed by atoms with Gasteiger partial charge in [0.15, 0.2) is 9.84 Å². The molecule has 0 amide bonds. The zero-order chi connectivity index (χ0) is 20.5. The molecule has 0 aliphatic rings. The summed E-state index contributed by atoms with van der Waals surface area (Å²) in [6.45, 7) is 1.70. The molecular weight excluding hydrogens is 384 g/mol. The smallest absolute Gasteiger partial charge is 0.338 e. The number of benzene rings is 2. The normalized spacial score (nSPS) is 11.5. The van der Waals surface area contributed by atoms with Crippen LogP contribution in [0.15, 0.2) is 56.6 Å². The van der Waals surface area contributed by atoms with Gasteiger partial charge in [-0.25, -0.2) is 18.0 Å². The number of hydrogen-bond donors (Lipinski definition) is 1. The fourth-order valence-corrected chi connectivity index (χ4v) is 3.41. The topological polar surface area (TPSA) is 111 Å². The molecule has 0 fully saturated rings. The third kappa shape index (κ3) is 4.07. The number of aryl methyl sites for hydroxylation is 1. The summed E-state index contributed by atoms with van der Waals surface area (Å²) < 4.78 is 33.4. The van der Waals surface area contributed by atoms with E-state index in [0.29, 0.717) is 22.9 Å². The van der Waals surface area contributed by atoms with E-state index >= 15 is 0 Å². The van der Waals surface area contributed by atoms with E-state index in [0.717, 1.165) is 6.26 Å². The van der Waals surface area contributed by atoms with Crippen LogP contribution in [0.25, 0.3) is 11.0 Å². The minimum absolute atomic E-state index is 0.0262. The van der Waals surface area contributed by atoms with Crippen LogP contribution in [0, 0.1) is 0 Å². The fraction of sp³-hybridized carbons (Fsp3) is 0.200. The Kier molecular flexibility index (Phi) is 5.24. The second-order valence-corrected chi connectivity index (χ2v) is 8.31. The number of carbonyl (C=O) groups excluding carboxylic acids is 1. The highest BCUT2D eigenvalue weighted by atomic mass is 32.2. The molecule has 0 saturated heterocycles. The summed E-state index contributed by atoms with van der Waals surface area (Å²) in [5.41, 5.74) is 0.879. The van der Waals surface area contributed by atoms with Gasteiger partial charge in [-0.15, -0.1) is 0 Å². The number of phenols is 1. The number of esters is 1. The van der Waals surface area contributed by atoms with Gasteiger partial charge in [-0.3, -0.25) is 0 Å². The van der Waals surface area contributed by atoms with Crippen molar-refractivity contribution in [3.8, 4) is 5.75 Å². The van der Waals surface area contributed by atoms with Gasteiger partial charge in [-0.05, 0) is 42.3 Å². The summed E-state index contributed by atoms with van der Waals surface area (Å²) in [7, 11) is -3.36. The molecule has 0 spiro atoms. The number of fused-ring (bicyclic) bond motifs is 1. The molecule has 1 heterocycles. The van der Waals surface area contributed by atoms with Crippen molar-refractivity contribution in [2.75, 3.05) is 6.26 Å². The number of aromatic hydroxyl groups is 1. The van der Waals surface area contributed by atoms with Crippen LogP contribution >= 0.6 is 0 Å². The largest absolute Gasteiger partial charge is 0.508 e. The maximum absolute atomic E-state index is 12.3. The Morgan fingerprint density at radius 3 is 2.39 bits per heavy atom. The molecule has 0 aliphatic carbocycles. The molecule has 7 nitrogen and oxygen atoms in total. The molecule has 1 aromatic heterocycles. The average molecular weight is 402 g/mol. The Labute approximate surface area is 161 Å². The van der Waals surface area contributed by atoms with E-state index in [1.54, 1.807) is 6.07 Å². The van der Waals surface area contributed by atoms with Crippen LogP contribution in [-0.2, 0) is 27.6 Å². The van der Waals surface area contributed by atoms with Gasteiger partial charge in [0.05, 0.1) is 10.5 Å². The highest BCUT2D eigenvalue weighted by Crippen LogP contribution is 2.27. The van der Waals surface area contributed by atoms with E-state index in [1.165, 1.54) is 36.4 Å². The summed E-state index contributed by atoms with van der Waals surface area (Å²) in [5.74, 6) is -0.630. The Hall–Kier alpha value is -3.13. The van der Waals surface area contributed by atoms with E-state index in [4.69, 9.17) is 9.15 Å². The highest BCUT2D eigenvalue weighted by Gasteiger charge is 2.14. The Morgan fingerprint density at radius 2 is 1.79 bits per heavy atom. The van der Waals surface area contributed by atoms with Crippen LogP contribution in [0.3, 0.4) is 0 Å². The first-order valence-electron chi connectivity index (χ1n) is 8.45. The summed E-state index contributed by atoms with van der Waals surface area (Å²) in [5, 5.41) is 10.5. The van der Waals surface area contributed by atoms with Crippen LogP contribution in [0.4, 0.5) is 0 Å². The van der Waals surface area contributed by atoms with Crippen molar-refractivity contribution in [3.05, 3.63) is 69.6 Å². The molecule has 0 saturated carbocycles. The second-order valence-electron chi connectivity index (χ2n) is 6.29. The summed E-state index contributed by atoms with van der Waals surface area (Å²) in [6, 6.07) is 9.68. The molecule has 0 atom stereocenters. The van der Waals surface area contributed by atoms with E-state index in [1.807, 2.05) is 6.92 Å². The van der Waals surface area contributed by atoms with Gasteiger partial charge in [0.2, 0.25) is 0 Å². The van der Waals surface area contributed by atoms with Gasteiger partial charge in [-0.2, -0.15) is 0 Å². The number of hydrogen-bond acceptors (Lipinski definition) is 7. The van der Waals surface area contributed by atoms with Crippen molar-refractivity contribution >= 4 is 26.8 Å². The minimum Gasteiger partial charge on any atom is -0.508 e. The van der Waals surface area contributed by atoms with Gasteiger partial charge in [-0.1, -0.05) is 6.92 Å². The minimum atomic E-state index is -3.36. The molecule has 3 aromatic rings. The summed E-state index contributed by atoms with van der Waals surface area (Å²) in [6.07, 6.45) is 1.65. The molecule has 146 valence electrons. The molecule has 3 rings (SSSR count). The van der Waals surface area contributed by atoms with Gasteiger partial charge < -0.3 is 14.3 Å². The standard InChI is InChI=1S/C20H18O7S/c1-3-12-8-16-14(9-19(22)27-18(16)10-17(12)21)11-26-20(23)13-4-6-15(7-5-13)28(2,24)25/h4-10,21H,3,11H2,1-2H3. The van der Waals surface area contributed by atoms with Gasteiger partial charge >= 0.3 is 11.6 Å². The van der Waals surface area contributed by atoms with Crippen molar-refractivity contribution in [2.24, 2.45) is 0 Å². The first-order valence-corrected chi connectivity index (χ1v) is 10.3. The first kappa shape index (κ1) is 19.6. The molecule has 0 unspecified atom stereocenters. The molecular formula is C20H18O7S. The molecule has 28 heavy (non-hydrogen) atoms. The molecule has 0 radical (unpaired) electrons. The Bertz CT molecular complexity index is 1210. The number of phenolic OH excluding ortho intramolecular Hbond substituents is 1. The highest BCUT2D eigenvalue weighted by molar-refractivity contribution is 7.90. The molecule has 8 heteroatoms. The maximum Gasteiger partial charge on any atom is 0.338 e. The third-order valence-corrected chi connectivity index (χ3v) is 5.42. The van der Waals surface area contributed by atoms with Crippen LogP contribution in [0.5, 0.6) is 5.75 Å². The predicted molar refractivity (Wildman–Crippen MR) is 102 cm³/mol. The zero-order valence-electron chi connectivity index (χ0n) is 15.3. The lowest BCUT2D eigenvalue weighted by atomic mass is 10.0. The van der Waals surface area contributed by atoms with E-state index in [9.17, 15) is 23.1 Å². The number of carbonyl (C=O) groups is 1. The van der Waals surface area contributed by atoms with Crippen LogP contribution in [0.1, 0.15) is 28.4 Å². The predicted octanol–water partition coefficient (Wildman–Crippen LogP) is 2.82. The Balaban J connectivity index is 1.87. The van der Waals surface area contributed by atoms with Crippen molar-refractivity contribution in [3.63, 3.8) is 0 Å². The first-order chi connectivity index (χ1) is 13.2. The van der Waals surface area contributed by atoms with Crippen molar-refractivity contribution < 1.29 is 27.5 Å². The maximum atomic E-state index is 12.3. The van der Waals surface area contributed by atoms with Crippen molar-refractivity contribution in [2.45, 2.75) is 24.8 Å².